The Morgan fingerprint density at radius 2 is 1.94 bits per heavy atom. The predicted octanol–water partition coefficient (Wildman–Crippen LogP) is 1.34. The maximum Gasteiger partial charge on any atom is 0.410 e. The third-order valence-corrected chi connectivity index (χ3v) is 3.70. The fourth-order valence-corrected chi connectivity index (χ4v) is 2.25. The number of hydrogen-bond acceptors (Lipinski definition) is 4. The second-order valence-corrected chi connectivity index (χ2v) is 6.21. The quantitative estimate of drug-likeness (QED) is 0.784. The lowest BCUT2D eigenvalue weighted by Gasteiger charge is -2.43. The Bertz CT molecular complexity index is 289. The van der Waals surface area contributed by atoms with Gasteiger partial charge in [0.2, 0.25) is 0 Å². The summed E-state index contributed by atoms with van der Waals surface area (Å²) in [6.45, 7) is 8.98. The minimum atomic E-state index is -0.468. The Kier molecular flexibility index (Phi) is 4.61. The summed E-state index contributed by atoms with van der Waals surface area (Å²) in [7, 11) is 0. The van der Waals surface area contributed by atoms with E-state index in [2.05, 4.69) is 0 Å². The van der Waals surface area contributed by atoms with Gasteiger partial charge >= 0.3 is 6.09 Å². The first-order valence-electron chi connectivity index (χ1n) is 6.56. The second-order valence-electron chi connectivity index (χ2n) is 6.21. The lowest BCUT2D eigenvalue weighted by molar-refractivity contribution is -0.0222. The van der Waals surface area contributed by atoms with Gasteiger partial charge in [0.1, 0.15) is 5.60 Å². The molecule has 1 unspecified atom stereocenters. The molecule has 1 fully saturated rings. The normalized spacial score (nSPS) is 21.6. The first kappa shape index (κ1) is 15.2. The number of rotatable bonds is 2. The summed E-state index contributed by atoms with van der Waals surface area (Å²) in [6, 6.07) is 0. The van der Waals surface area contributed by atoms with Gasteiger partial charge in [0.15, 0.2) is 0 Å². The molecule has 0 spiro atoms. The van der Waals surface area contributed by atoms with E-state index < -0.39 is 11.7 Å². The monoisotopic (exact) mass is 258 g/mol. The molecule has 0 aromatic heterocycles. The van der Waals surface area contributed by atoms with Crippen molar-refractivity contribution in [2.75, 3.05) is 19.6 Å². The molecule has 1 heterocycles. The molecule has 5 nitrogen and oxygen atoms in total. The number of amides is 1. The first-order valence-corrected chi connectivity index (χ1v) is 6.56. The van der Waals surface area contributed by atoms with E-state index >= 15 is 0 Å². The third kappa shape index (κ3) is 3.59. The molecule has 1 saturated heterocycles. The molecule has 3 N–H and O–H groups in total. The van der Waals surface area contributed by atoms with Crippen molar-refractivity contribution in [2.45, 2.75) is 52.2 Å². The van der Waals surface area contributed by atoms with Crippen LogP contribution in [0.4, 0.5) is 4.79 Å². The van der Waals surface area contributed by atoms with Crippen LogP contribution in [0.3, 0.4) is 0 Å². The second kappa shape index (κ2) is 5.45. The molecule has 0 aliphatic carbocycles. The zero-order chi connectivity index (χ0) is 14.0. The number of nitrogens with two attached hydrogens (primary N) is 1. The maximum atomic E-state index is 11.9. The maximum absolute atomic E-state index is 11.9. The van der Waals surface area contributed by atoms with E-state index in [9.17, 15) is 9.90 Å². The number of aliphatic hydroxyl groups is 1. The SMILES string of the molecule is CC(O)C1(CN)CCN(C(=O)OC(C)(C)C)CC1. The number of carbonyl (C=O) groups is 1. The number of aliphatic hydroxyl groups excluding tert-OH is 1. The van der Waals surface area contributed by atoms with Crippen LogP contribution in [0.1, 0.15) is 40.5 Å². The van der Waals surface area contributed by atoms with E-state index in [0.29, 0.717) is 19.6 Å². The highest BCUT2D eigenvalue weighted by Crippen LogP contribution is 2.34. The van der Waals surface area contributed by atoms with Crippen LogP contribution in [-0.2, 0) is 4.74 Å². The Balaban J connectivity index is 2.56. The summed E-state index contributed by atoms with van der Waals surface area (Å²) >= 11 is 0. The minimum Gasteiger partial charge on any atom is -0.444 e. The molecule has 1 aliphatic rings. The van der Waals surface area contributed by atoms with Gasteiger partial charge < -0.3 is 20.5 Å². The zero-order valence-electron chi connectivity index (χ0n) is 11.9. The van der Waals surface area contributed by atoms with Crippen molar-refractivity contribution in [1.82, 2.24) is 4.90 Å². The summed E-state index contributed by atoms with van der Waals surface area (Å²) in [5.41, 5.74) is 5.05. The molecule has 0 saturated carbocycles. The molecular formula is C13H26N2O3. The van der Waals surface area contributed by atoms with Crippen LogP contribution in [0.2, 0.25) is 0 Å². The van der Waals surface area contributed by atoms with Gasteiger partial charge in [-0.15, -0.1) is 0 Å². The van der Waals surface area contributed by atoms with Crippen LogP contribution in [-0.4, -0.2) is 47.4 Å². The smallest absolute Gasteiger partial charge is 0.410 e. The van der Waals surface area contributed by atoms with Crippen LogP contribution in [0.15, 0.2) is 0 Å². The number of hydrogen-bond donors (Lipinski definition) is 2. The molecule has 0 aromatic rings. The summed E-state index contributed by atoms with van der Waals surface area (Å²) < 4.78 is 5.33. The third-order valence-electron chi connectivity index (χ3n) is 3.70. The molecule has 1 amide bonds. The number of carbonyl (C=O) groups excluding carboxylic acids is 1. The van der Waals surface area contributed by atoms with Crippen LogP contribution in [0.5, 0.6) is 0 Å². The average Bonchev–Trinajstić information content (AvgIpc) is 2.26. The summed E-state index contributed by atoms with van der Waals surface area (Å²) in [5, 5.41) is 9.82. The molecular weight excluding hydrogens is 232 g/mol. The molecule has 0 bridgehead atoms. The zero-order valence-corrected chi connectivity index (χ0v) is 11.9. The number of nitrogens with zero attached hydrogens (tertiary/aromatic N) is 1. The van der Waals surface area contributed by atoms with Crippen molar-refractivity contribution in [3.63, 3.8) is 0 Å². The van der Waals surface area contributed by atoms with Crippen molar-refractivity contribution in [1.29, 1.82) is 0 Å². The lowest BCUT2D eigenvalue weighted by atomic mass is 9.74. The molecule has 1 rings (SSSR count). The van der Waals surface area contributed by atoms with E-state index in [4.69, 9.17) is 10.5 Å². The van der Waals surface area contributed by atoms with E-state index in [0.717, 1.165) is 12.8 Å². The molecule has 106 valence electrons. The highest BCUT2D eigenvalue weighted by atomic mass is 16.6. The number of piperidine rings is 1. The van der Waals surface area contributed by atoms with E-state index in [1.807, 2.05) is 20.8 Å². The topological polar surface area (TPSA) is 75.8 Å². The Morgan fingerprint density at radius 3 is 2.28 bits per heavy atom. The van der Waals surface area contributed by atoms with Crippen LogP contribution >= 0.6 is 0 Å². The number of ether oxygens (including phenoxy) is 1. The Hall–Kier alpha value is -0.810. The molecule has 1 atom stereocenters. The summed E-state index contributed by atoms with van der Waals surface area (Å²) in [4.78, 5) is 13.6. The summed E-state index contributed by atoms with van der Waals surface area (Å²) in [5.74, 6) is 0. The minimum absolute atomic E-state index is 0.251. The predicted molar refractivity (Wildman–Crippen MR) is 70.2 cm³/mol. The molecule has 1 aliphatic heterocycles. The molecule has 5 heteroatoms. The van der Waals surface area contributed by atoms with Gasteiger partial charge in [0.05, 0.1) is 6.10 Å². The van der Waals surface area contributed by atoms with Gasteiger partial charge in [-0.05, 0) is 40.5 Å². The fraction of sp³-hybridized carbons (Fsp3) is 0.923. The average molecular weight is 258 g/mol. The Morgan fingerprint density at radius 1 is 1.44 bits per heavy atom. The van der Waals surface area contributed by atoms with Crippen LogP contribution in [0.25, 0.3) is 0 Å². The van der Waals surface area contributed by atoms with Crippen LogP contribution in [0, 0.1) is 5.41 Å². The highest BCUT2D eigenvalue weighted by molar-refractivity contribution is 5.68. The fourth-order valence-electron chi connectivity index (χ4n) is 2.25. The molecule has 0 aromatic carbocycles. The first-order chi connectivity index (χ1) is 8.20. The van der Waals surface area contributed by atoms with Gasteiger partial charge in [-0.3, -0.25) is 0 Å². The van der Waals surface area contributed by atoms with E-state index in [-0.39, 0.29) is 11.5 Å². The van der Waals surface area contributed by atoms with Crippen molar-refractivity contribution < 1.29 is 14.6 Å². The lowest BCUT2D eigenvalue weighted by Crippen LogP contribution is -2.51. The Labute approximate surface area is 109 Å². The standard InChI is InChI=1S/C13H26N2O3/c1-10(16)13(9-14)5-7-15(8-6-13)11(17)18-12(2,3)4/h10,16H,5-9,14H2,1-4H3. The van der Waals surface area contributed by atoms with Gasteiger partial charge in [-0.1, -0.05) is 0 Å². The van der Waals surface area contributed by atoms with Gasteiger partial charge in [-0.2, -0.15) is 0 Å². The van der Waals surface area contributed by atoms with Crippen molar-refractivity contribution in [2.24, 2.45) is 11.1 Å². The van der Waals surface area contributed by atoms with Gasteiger partial charge in [-0.25, -0.2) is 4.79 Å². The largest absolute Gasteiger partial charge is 0.444 e. The van der Waals surface area contributed by atoms with Crippen molar-refractivity contribution in [3.05, 3.63) is 0 Å². The van der Waals surface area contributed by atoms with Gasteiger partial charge in [0.25, 0.3) is 0 Å². The van der Waals surface area contributed by atoms with Crippen molar-refractivity contribution >= 4 is 6.09 Å². The van der Waals surface area contributed by atoms with Crippen LogP contribution < -0.4 is 5.73 Å². The molecule has 18 heavy (non-hydrogen) atoms. The van der Waals surface area contributed by atoms with Gasteiger partial charge in [0, 0.05) is 25.0 Å². The van der Waals surface area contributed by atoms with E-state index in [1.165, 1.54) is 0 Å². The van der Waals surface area contributed by atoms with Crippen molar-refractivity contribution in [3.8, 4) is 0 Å². The molecule has 0 radical (unpaired) electrons. The summed E-state index contributed by atoms with van der Waals surface area (Å²) in [6.07, 6.45) is 0.725. The highest BCUT2D eigenvalue weighted by Gasteiger charge is 2.39. The van der Waals surface area contributed by atoms with E-state index in [1.54, 1.807) is 11.8 Å². The number of likely N-dealkylation sites (tertiary alicyclic amines) is 1.